The average Bonchev–Trinajstić information content (AvgIpc) is 3.29. The largest absolute Gasteiger partial charge is 0.451 e. The number of nitrogens with zero attached hydrogens (tertiary/aromatic N) is 3. The van der Waals surface area contributed by atoms with Crippen LogP contribution >= 0.6 is 0 Å². The third kappa shape index (κ3) is 5.05. The molecule has 6 nitrogen and oxygen atoms in total. The molecule has 0 saturated heterocycles. The number of benzene rings is 1. The summed E-state index contributed by atoms with van der Waals surface area (Å²) >= 11 is 0. The number of amides is 1. The molecule has 1 aromatic heterocycles. The summed E-state index contributed by atoms with van der Waals surface area (Å²) in [5.41, 5.74) is 4.75. The predicted octanol–water partition coefficient (Wildman–Crippen LogP) is 4.19. The molecular weight excluding hydrogens is 390 g/mol. The molecule has 31 heavy (non-hydrogen) atoms. The van der Waals surface area contributed by atoms with Gasteiger partial charge < -0.3 is 14.2 Å². The summed E-state index contributed by atoms with van der Waals surface area (Å²) < 4.78 is 7.38. The smallest absolute Gasteiger partial charge is 0.349 e. The van der Waals surface area contributed by atoms with Gasteiger partial charge in [0, 0.05) is 30.2 Å². The number of anilines is 1. The molecule has 0 saturated carbocycles. The number of esters is 1. The lowest BCUT2D eigenvalue weighted by atomic mass is 10.1. The van der Waals surface area contributed by atoms with E-state index >= 15 is 0 Å². The van der Waals surface area contributed by atoms with Crippen LogP contribution in [0.3, 0.4) is 0 Å². The zero-order valence-corrected chi connectivity index (χ0v) is 18.6. The van der Waals surface area contributed by atoms with Crippen LogP contribution in [0, 0.1) is 31.1 Å². The minimum atomic E-state index is -0.782. The van der Waals surface area contributed by atoms with Gasteiger partial charge in [-0.15, -0.1) is 0 Å². The van der Waals surface area contributed by atoms with Crippen LogP contribution in [0.2, 0.25) is 0 Å². The van der Waals surface area contributed by atoms with Crippen LogP contribution in [0.25, 0.3) is 6.08 Å². The summed E-state index contributed by atoms with van der Waals surface area (Å²) in [6.07, 6.45) is 3.38. The zero-order chi connectivity index (χ0) is 22.5. The maximum absolute atomic E-state index is 12.6. The number of nitriles is 1. The Balaban J connectivity index is 1.67. The van der Waals surface area contributed by atoms with Gasteiger partial charge in [-0.05, 0) is 61.9 Å². The molecule has 0 aliphatic carbocycles. The highest BCUT2D eigenvalue weighted by atomic mass is 16.5. The third-order valence-corrected chi connectivity index (χ3v) is 5.70. The SMILES string of the molecule is Cc1cc(C=C(C#N)C(=O)OCC(=O)N2CCc3ccccc32)c(C)n1CCC(C)C. The van der Waals surface area contributed by atoms with Crippen LogP contribution in [0.5, 0.6) is 0 Å². The lowest BCUT2D eigenvalue weighted by Crippen LogP contribution is -2.33. The molecule has 0 N–H and O–H groups in total. The molecule has 2 heterocycles. The fourth-order valence-electron chi connectivity index (χ4n) is 3.88. The van der Waals surface area contributed by atoms with E-state index in [-0.39, 0.29) is 18.1 Å². The number of aromatic nitrogens is 1. The van der Waals surface area contributed by atoms with E-state index in [2.05, 4.69) is 18.4 Å². The molecule has 0 unspecified atom stereocenters. The summed E-state index contributed by atoms with van der Waals surface area (Å²) in [6, 6.07) is 11.6. The van der Waals surface area contributed by atoms with Gasteiger partial charge >= 0.3 is 5.97 Å². The number of hydrogen-bond acceptors (Lipinski definition) is 4. The molecule has 0 atom stereocenters. The van der Waals surface area contributed by atoms with E-state index in [1.807, 2.05) is 50.2 Å². The van der Waals surface area contributed by atoms with E-state index in [1.54, 1.807) is 11.0 Å². The highest BCUT2D eigenvalue weighted by Gasteiger charge is 2.25. The highest BCUT2D eigenvalue weighted by molar-refractivity contribution is 6.01. The van der Waals surface area contributed by atoms with Crippen molar-refractivity contribution in [3.8, 4) is 6.07 Å². The number of rotatable bonds is 7. The van der Waals surface area contributed by atoms with Crippen molar-refractivity contribution in [1.82, 2.24) is 4.57 Å². The Kier molecular flexibility index (Phi) is 6.96. The number of ether oxygens (including phenoxy) is 1. The molecule has 1 aromatic carbocycles. The third-order valence-electron chi connectivity index (χ3n) is 5.70. The van der Waals surface area contributed by atoms with Gasteiger partial charge in [0.15, 0.2) is 6.61 Å². The second-order valence-corrected chi connectivity index (χ2v) is 8.33. The van der Waals surface area contributed by atoms with Gasteiger partial charge in [0.25, 0.3) is 5.91 Å². The van der Waals surface area contributed by atoms with Gasteiger partial charge in [0.1, 0.15) is 11.6 Å². The molecule has 6 heteroatoms. The van der Waals surface area contributed by atoms with E-state index in [4.69, 9.17) is 4.74 Å². The van der Waals surface area contributed by atoms with Crippen molar-refractivity contribution >= 4 is 23.6 Å². The number of para-hydroxylation sites is 1. The second kappa shape index (κ2) is 9.65. The molecule has 1 aliphatic heterocycles. The van der Waals surface area contributed by atoms with E-state index in [0.717, 1.165) is 47.6 Å². The van der Waals surface area contributed by atoms with E-state index in [1.165, 1.54) is 0 Å². The Hall–Kier alpha value is -3.33. The van der Waals surface area contributed by atoms with Gasteiger partial charge in [0.2, 0.25) is 0 Å². The molecule has 2 aromatic rings. The summed E-state index contributed by atoms with van der Waals surface area (Å²) in [5.74, 6) is -0.484. The van der Waals surface area contributed by atoms with Gasteiger partial charge in [-0.2, -0.15) is 5.26 Å². The topological polar surface area (TPSA) is 75.3 Å². The summed E-state index contributed by atoms with van der Waals surface area (Å²) in [5, 5.41) is 9.49. The average molecular weight is 420 g/mol. The Labute approximate surface area is 183 Å². The maximum Gasteiger partial charge on any atom is 0.349 e. The number of carbonyl (C=O) groups excluding carboxylic acids is 2. The minimum absolute atomic E-state index is 0.112. The first-order chi connectivity index (χ1) is 14.8. The zero-order valence-electron chi connectivity index (χ0n) is 18.6. The summed E-state index contributed by atoms with van der Waals surface area (Å²) in [7, 11) is 0. The van der Waals surface area contributed by atoms with Crippen LogP contribution in [-0.2, 0) is 27.3 Å². The fourth-order valence-corrected chi connectivity index (χ4v) is 3.88. The number of hydrogen-bond donors (Lipinski definition) is 0. The number of fused-ring (bicyclic) bond motifs is 1. The standard InChI is InChI=1S/C25H29N3O3/c1-17(2)9-11-27-18(3)13-21(19(27)4)14-22(15-26)25(30)31-16-24(29)28-12-10-20-7-5-6-8-23(20)28/h5-8,13-14,17H,9-12,16H2,1-4H3. The first-order valence-electron chi connectivity index (χ1n) is 10.7. The molecule has 162 valence electrons. The second-order valence-electron chi connectivity index (χ2n) is 8.33. The normalized spacial score (nSPS) is 13.3. The van der Waals surface area contributed by atoms with Crippen molar-refractivity contribution in [3.63, 3.8) is 0 Å². The van der Waals surface area contributed by atoms with Crippen LogP contribution < -0.4 is 4.90 Å². The first kappa shape index (κ1) is 22.4. The maximum atomic E-state index is 12.6. The van der Waals surface area contributed by atoms with Crippen molar-refractivity contribution in [2.75, 3.05) is 18.1 Å². The van der Waals surface area contributed by atoms with Crippen LogP contribution in [0.1, 0.15) is 42.8 Å². The van der Waals surface area contributed by atoms with Crippen LogP contribution in [-0.4, -0.2) is 29.6 Å². The van der Waals surface area contributed by atoms with Crippen molar-refractivity contribution in [2.45, 2.75) is 47.1 Å². The molecule has 3 rings (SSSR count). The molecule has 1 aliphatic rings. The van der Waals surface area contributed by atoms with Gasteiger partial charge in [-0.25, -0.2) is 4.79 Å². The Morgan fingerprint density at radius 3 is 2.71 bits per heavy atom. The van der Waals surface area contributed by atoms with Gasteiger partial charge in [-0.3, -0.25) is 4.79 Å². The lowest BCUT2D eigenvalue weighted by molar-refractivity contribution is -0.143. The minimum Gasteiger partial charge on any atom is -0.451 e. The monoisotopic (exact) mass is 419 g/mol. The van der Waals surface area contributed by atoms with E-state index in [0.29, 0.717) is 12.5 Å². The first-order valence-corrected chi connectivity index (χ1v) is 10.7. The number of aryl methyl sites for hydroxylation is 1. The van der Waals surface area contributed by atoms with E-state index in [9.17, 15) is 14.9 Å². The van der Waals surface area contributed by atoms with Gasteiger partial charge in [-0.1, -0.05) is 32.0 Å². The summed E-state index contributed by atoms with van der Waals surface area (Å²) in [4.78, 5) is 26.7. The van der Waals surface area contributed by atoms with Gasteiger partial charge in [0.05, 0.1) is 0 Å². The Morgan fingerprint density at radius 1 is 1.26 bits per heavy atom. The molecule has 0 radical (unpaired) electrons. The van der Waals surface area contributed by atoms with Crippen LogP contribution in [0.4, 0.5) is 5.69 Å². The Bertz CT molecular complexity index is 1060. The fraction of sp³-hybridized carbons (Fsp3) is 0.400. The number of carbonyl (C=O) groups is 2. The predicted molar refractivity (Wildman–Crippen MR) is 120 cm³/mol. The summed E-state index contributed by atoms with van der Waals surface area (Å²) in [6.45, 7) is 9.43. The molecule has 0 spiro atoms. The van der Waals surface area contributed by atoms with E-state index < -0.39 is 5.97 Å². The highest BCUT2D eigenvalue weighted by Crippen LogP contribution is 2.27. The molecule has 0 fully saturated rings. The van der Waals surface area contributed by atoms with Crippen molar-refractivity contribution in [1.29, 1.82) is 5.26 Å². The molecule has 1 amide bonds. The van der Waals surface area contributed by atoms with Crippen molar-refractivity contribution in [2.24, 2.45) is 5.92 Å². The van der Waals surface area contributed by atoms with Crippen molar-refractivity contribution in [3.05, 3.63) is 58.4 Å². The lowest BCUT2D eigenvalue weighted by Gasteiger charge is -2.17. The Morgan fingerprint density at radius 2 is 2.00 bits per heavy atom. The van der Waals surface area contributed by atoms with Crippen molar-refractivity contribution < 1.29 is 14.3 Å². The van der Waals surface area contributed by atoms with Crippen LogP contribution in [0.15, 0.2) is 35.9 Å². The quantitative estimate of drug-likeness (QED) is 0.383. The molecule has 0 bridgehead atoms. The molecular formula is C25H29N3O3.